The van der Waals surface area contributed by atoms with E-state index in [-0.39, 0.29) is 30.5 Å². The van der Waals surface area contributed by atoms with Gasteiger partial charge >= 0.3 is 0 Å². The summed E-state index contributed by atoms with van der Waals surface area (Å²) >= 11 is 0. The van der Waals surface area contributed by atoms with Gasteiger partial charge in [-0.25, -0.2) is 0 Å². The van der Waals surface area contributed by atoms with Crippen LogP contribution in [0, 0.1) is 26.2 Å². The number of hydrogen-bond donors (Lipinski definition) is 6. The molecule has 11 N–H and O–H groups in total. The van der Waals surface area contributed by atoms with Gasteiger partial charge in [-0.2, -0.15) is 0 Å². The van der Waals surface area contributed by atoms with Crippen molar-refractivity contribution < 1.29 is 0 Å². The van der Waals surface area contributed by atoms with Crippen LogP contribution in [-0.4, -0.2) is 18.5 Å². The van der Waals surface area contributed by atoms with E-state index in [9.17, 15) is 0 Å². The quantitative estimate of drug-likeness (QED) is 0.214. The molecule has 0 aromatic heterocycles. The van der Waals surface area contributed by atoms with Gasteiger partial charge in [0.05, 0.1) is 0 Å². The van der Waals surface area contributed by atoms with Crippen LogP contribution in [0.3, 0.4) is 0 Å². The molecule has 0 saturated carbocycles. The Bertz CT molecular complexity index is 478. The number of nitrogen functional groups attached to an aromatic ring is 1. The zero-order valence-corrected chi connectivity index (χ0v) is 15.4. The number of benzene rings is 1. The van der Waals surface area contributed by atoms with Crippen molar-refractivity contribution in [3.05, 3.63) is 28.8 Å². The van der Waals surface area contributed by atoms with Crippen molar-refractivity contribution in [2.45, 2.75) is 40.5 Å². The summed E-state index contributed by atoms with van der Waals surface area (Å²) in [7, 11) is 0. The zero-order valence-electron chi connectivity index (χ0n) is 14.6. The second-order valence-electron chi connectivity index (χ2n) is 4.97. The van der Waals surface area contributed by atoms with E-state index in [1.54, 1.807) is 0 Å². The van der Waals surface area contributed by atoms with Gasteiger partial charge in [0.1, 0.15) is 0 Å². The molecule has 1 rings (SSSR count). The summed E-state index contributed by atoms with van der Waals surface area (Å²) in [5.41, 5.74) is 20.7. The molecule has 0 spiro atoms. The molecule has 7 nitrogen and oxygen atoms in total. The molecule has 0 fully saturated rings. The molecule has 1 aromatic carbocycles. The molecular weight excluding hydrogens is 314 g/mol. The molecule has 0 unspecified atom stereocenters. The van der Waals surface area contributed by atoms with Crippen LogP contribution in [0.2, 0.25) is 0 Å². The molecule has 1 aromatic rings. The third kappa shape index (κ3) is 12.3. The maximum Gasteiger partial charge on any atom is 0.195 e. The number of halogens is 1. The van der Waals surface area contributed by atoms with Gasteiger partial charge < -0.3 is 23.4 Å². The van der Waals surface area contributed by atoms with Crippen LogP contribution in [-0.2, 0) is 0 Å². The van der Waals surface area contributed by atoms with Gasteiger partial charge in [0.2, 0.25) is 0 Å². The normalized spacial score (nSPS) is 9.65. The third-order valence-electron chi connectivity index (χ3n) is 2.79. The number of guanidine groups is 2. The van der Waals surface area contributed by atoms with E-state index in [0.717, 1.165) is 18.5 Å². The number of nitrogens with one attached hydrogen (secondary N) is 2. The first-order valence-electron chi connectivity index (χ1n) is 7.02. The molecule has 0 aliphatic rings. The van der Waals surface area contributed by atoms with Crippen molar-refractivity contribution in [3.8, 4) is 0 Å². The van der Waals surface area contributed by atoms with E-state index in [4.69, 9.17) is 22.6 Å². The first kappa shape index (κ1) is 25.9. The lowest BCUT2D eigenvalue weighted by Gasteiger charge is -2.04. The van der Waals surface area contributed by atoms with Crippen LogP contribution in [0.1, 0.15) is 36.5 Å². The summed E-state index contributed by atoms with van der Waals surface area (Å²) in [5.74, 6) is 0.0358. The molecule has 0 bridgehead atoms. The number of aryl methyl sites for hydroxylation is 3. The Balaban J connectivity index is -0.000000321. The van der Waals surface area contributed by atoms with E-state index in [2.05, 4.69) is 36.3 Å². The van der Waals surface area contributed by atoms with Crippen molar-refractivity contribution in [2.24, 2.45) is 16.5 Å². The lowest BCUT2D eigenvalue weighted by atomic mass is 10.1. The van der Waals surface area contributed by atoms with E-state index >= 15 is 0 Å². The van der Waals surface area contributed by atoms with Crippen LogP contribution in [0.15, 0.2) is 17.1 Å². The maximum atomic E-state index is 6.81. The summed E-state index contributed by atoms with van der Waals surface area (Å²) in [6.45, 7) is 8.91. The molecule has 23 heavy (non-hydrogen) atoms. The van der Waals surface area contributed by atoms with Crippen molar-refractivity contribution in [2.75, 3.05) is 12.3 Å². The minimum atomic E-state index is -0.178. The van der Waals surface area contributed by atoms with Crippen LogP contribution in [0.25, 0.3) is 0 Å². The van der Waals surface area contributed by atoms with Crippen molar-refractivity contribution in [1.29, 1.82) is 5.41 Å². The summed E-state index contributed by atoms with van der Waals surface area (Å²) in [5, 5.41) is 9.20. The minimum absolute atomic E-state index is 0. The Labute approximate surface area is 145 Å². The molecule has 0 heterocycles. The SMILES string of the molecule is CCCCN=C(N)NC(=N)N.Cc1cc(C)c(N)c(C)c1.Cl.N. The van der Waals surface area contributed by atoms with E-state index in [1.807, 2.05) is 13.8 Å². The highest BCUT2D eigenvalue weighted by Crippen LogP contribution is 2.17. The Kier molecular flexibility index (Phi) is 15.4. The summed E-state index contributed by atoms with van der Waals surface area (Å²) < 4.78 is 0. The number of aliphatic imine (C=N–C) groups is 1. The first-order valence-corrected chi connectivity index (χ1v) is 7.02. The second kappa shape index (κ2) is 13.7. The topological polar surface area (TPSA) is 161 Å². The number of anilines is 1. The molecule has 0 aliphatic heterocycles. The van der Waals surface area contributed by atoms with Gasteiger partial charge in [-0.05, 0) is 38.3 Å². The highest BCUT2D eigenvalue weighted by Gasteiger charge is 1.96. The van der Waals surface area contributed by atoms with Crippen molar-refractivity contribution >= 4 is 30.0 Å². The van der Waals surface area contributed by atoms with Crippen LogP contribution < -0.4 is 28.7 Å². The Morgan fingerprint density at radius 2 is 1.65 bits per heavy atom. The smallest absolute Gasteiger partial charge is 0.195 e. The fourth-order valence-corrected chi connectivity index (χ4v) is 1.73. The molecular formula is C15H32ClN7. The second-order valence-corrected chi connectivity index (χ2v) is 4.97. The maximum absolute atomic E-state index is 6.81. The van der Waals surface area contributed by atoms with Gasteiger partial charge in [0.25, 0.3) is 0 Å². The Hall–Kier alpha value is -1.99. The number of nitrogens with two attached hydrogens (primary N) is 3. The predicted octanol–water partition coefficient (Wildman–Crippen LogP) is 2.36. The largest absolute Gasteiger partial charge is 0.398 e. The molecule has 0 amide bonds. The molecule has 0 radical (unpaired) electrons. The standard InChI is InChI=1S/C9H13N.C6H15N5.ClH.H3N/c1-6-4-7(2)9(10)8(3)5-6;1-2-3-4-10-6(9)11-5(7)8;;/h4-5H,10H2,1-3H3;2-4H2,1H3,(H6,7,8,9,10,11);1H;1H3. The summed E-state index contributed by atoms with van der Waals surface area (Å²) in [6.07, 6.45) is 2.08. The van der Waals surface area contributed by atoms with Crippen molar-refractivity contribution in [3.63, 3.8) is 0 Å². The van der Waals surface area contributed by atoms with E-state index in [1.165, 1.54) is 16.7 Å². The average Bonchev–Trinajstić information content (AvgIpc) is 2.36. The van der Waals surface area contributed by atoms with E-state index < -0.39 is 0 Å². The van der Waals surface area contributed by atoms with E-state index in [0.29, 0.717) is 6.54 Å². The molecule has 134 valence electrons. The number of rotatable bonds is 3. The Morgan fingerprint density at radius 1 is 1.17 bits per heavy atom. The van der Waals surface area contributed by atoms with Gasteiger partial charge in [0, 0.05) is 12.2 Å². The number of unbranched alkanes of at least 4 members (excludes halogenated alkanes) is 1. The predicted molar refractivity (Wildman–Crippen MR) is 104 cm³/mol. The average molecular weight is 346 g/mol. The molecule has 0 aliphatic carbocycles. The minimum Gasteiger partial charge on any atom is -0.398 e. The number of nitrogens with zero attached hydrogens (tertiary/aromatic N) is 1. The fourth-order valence-electron chi connectivity index (χ4n) is 1.73. The summed E-state index contributed by atoms with van der Waals surface area (Å²) in [4.78, 5) is 3.92. The lowest BCUT2D eigenvalue weighted by molar-refractivity contribution is 0.804. The highest BCUT2D eigenvalue weighted by atomic mass is 35.5. The zero-order chi connectivity index (χ0) is 16.4. The van der Waals surface area contributed by atoms with Crippen LogP contribution in [0.5, 0.6) is 0 Å². The Morgan fingerprint density at radius 3 is 2.04 bits per heavy atom. The molecule has 0 atom stereocenters. The van der Waals surface area contributed by atoms with Gasteiger partial charge in [0.15, 0.2) is 11.9 Å². The van der Waals surface area contributed by atoms with Gasteiger partial charge in [-0.1, -0.05) is 31.0 Å². The van der Waals surface area contributed by atoms with Gasteiger partial charge in [-0.15, -0.1) is 12.4 Å². The van der Waals surface area contributed by atoms with Crippen LogP contribution >= 0.6 is 12.4 Å². The highest BCUT2D eigenvalue weighted by molar-refractivity contribution is 5.95. The van der Waals surface area contributed by atoms with Crippen LogP contribution in [0.4, 0.5) is 5.69 Å². The number of hydrogen-bond acceptors (Lipinski definition) is 4. The first-order chi connectivity index (χ1) is 9.77. The monoisotopic (exact) mass is 345 g/mol. The molecule has 0 saturated heterocycles. The third-order valence-corrected chi connectivity index (χ3v) is 2.79. The van der Waals surface area contributed by atoms with Gasteiger partial charge in [-0.3, -0.25) is 15.7 Å². The fraction of sp³-hybridized carbons (Fsp3) is 0.467. The summed E-state index contributed by atoms with van der Waals surface area (Å²) in [6, 6.07) is 4.20. The molecule has 8 heteroatoms. The lowest BCUT2D eigenvalue weighted by Crippen LogP contribution is -2.40. The van der Waals surface area contributed by atoms with Crippen molar-refractivity contribution in [1.82, 2.24) is 11.5 Å².